The minimum Gasteiger partial charge on any atom is -0.493 e. The molecule has 1 aromatic heterocycles. The van der Waals surface area contributed by atoms with Gasteiger partial charge in [0.05, 0.1) is 31.0 Å². The summed E-state index contributed by atoms with van der Waals surface area (Å²) in [6.07, 6.45) is 1.61. The summed E-state index contributed by atoms with van der Waals surface area (Å²) in [5.41, 5.74) is 4.32. The fourth-order valence-corrected chi connectivity index (χ4v) is 3.14. The highest BCUT2D eigenvalue weighted by atomic mass is 16.5. The molecule has 0 saturated carbocycles. The van der Waals surface area contributed by atoms with E-state index in [1.807, 2.05) is 43.3 Å². The van der Waals surface area contributed by atoms with Gasteiger partial charge in [-0.05, 0) is 43.2 Å². The van der Waals surface area contributed by atoms with Gasteiger partial charge in [-0.1, -0.05) is 18.2 Å². The van der Waals surface area contributed by atoms with Gasteiger partial charge in [-0.15, -0.1) is 0 Å². The fraction of sp³-hybridized carbons (Fsp3) is 0.238. The van der Waals surface area contributed by atoms with E-state index in [0.717, 1.165) is 27.7 Å². The van der Waals surface area contributed by atoms with Crippen LogP contribution in [-0.4, -0.2) is 19.2 Å². The van der Waals surface area contributed by atoms with Crippen LogP contribution < -0.4 is 14.8 Å². The molecule has 0 spiro atoms. The first kappa shape index (κ1) is 17.6. The van der Waals surface area contributed by atoms with Gasteiger partial charge in [0, 0.05) is 17.6 Å². The number of nitrogens with one attached hydrogen (secondary N) is 1. The van der Waals surface area contributed by atoms with Crippen LogP contribution in [0, 0.1) is 18.3 Å². The summed E-state index contributed by atoms with van der Waals surface area (Å²) in [6.45, 7) is 4.09. The van der Waals surface area contributed by atoms with E-state index in [9.17, 15) is 5.26 Å². The second-order valence-electron chi connectivity index (χ2n) is 6.11. The lowest BCUT2D eigenvalue weighted by atomic mass is 10.00. The van der Waals surface area contributed by atoms with Crippen molar-refractivity contribution < 1.29 is 9.47 Å². The molecule has 2 aromatic carbocycles. The Labute approximate surface area is 153 Å². The van der Waals surface area contributed by atoms with Crippen molar-refractivity contribution >= 4 is 16.6 Å². The Bertz CT molecular complexity index is 992. The molecule has 0 fully saturated rings. The Hall–Kier alpha value is -3.26. The highest BCUT2D eigenvalue weighted by Gasteiger charge is 2.16. The van der Waals surface area contributed by atoms with Crippen LogP contribution in [0.5, 0.6) is 11.5 Å². The molecule has 0 aliphatic heterocycles. The minimum atomic E-state index is -0.0345. The van der Waals surface area contributed by atoms with Crippen LogP contribution in [0.4, 0.5) is 5.69 Å². The molecule has 0 aliphatic carbocycles. The monoisotopic (exact) mass is 347 g/mol. The summed E-state index contributed by atoms with van der Waals surface area (Å²) in [6, 6.07) is 13.9. The number of para-hydroxylation sites is 1. The molecule has 5 nitrogen and oxygen atoms in total. The molecule has 3 rings (SSSR count). The zero-order valence-corrected chi connectivity index (χ0v) is 15.3. The van der Waals surface area contributed by atoms with Crippen LogP contribution in [0.2, 0.25) is 0 Å². The predicted molar refractivity (Wildman–Crippen MR) is 103 cm³/mol. The van der Waals surface area contributed by atoms with Crippen LogP contribution in [0.25, 0.3) is 10.9 Å². The van der Waals surface area contributed by atoms with Gasteiger partial charge in [0.1, 0.15) is 6.07 Å². The molecule has 26 heavy (non-hydrogen) atoms. The third kappa shape index (κ3) is 3.14. The molecule has 0 aliphatic rings. The number of fused-ring (bicyclic) bond motifs is 1. The smallest absolute Gasteiger partial charge is 0.161 e. The lowest BCUT2D eigenvalue weighted by Crippen LogP contribution is -2.11. The standard InChI is InChI=1S/C21H21N3O2/c1-13-9-19(25-3)20(26-4)10-17(13)14(2)24-21-15(11-22)12-23-18-8-6-5-7-16(18)21/h5-10,12,14H,1-4H3,(H,23,24). The Morgan fingerprint density at radius 3 is 2.50 bits per heavy atom. The van der Waals surface area contributed by atoms with E-state index in [1.165, 1.54) is 0 Å². The van der Waals surface area contributed by atoms with Crippen molar-refractivity contribution in [2.75, 3.05) is 19.5 Å². The predicted octanol–water partition coefficient (Wildman–Crippen LogP) is 4.61. The zero-order valence-electron chi connectivity index (χ0n) is 15.3. The Balaban J connectivity index is 2.05. The summed E-state index contributed by atoms with van der Waals surface area (Å²) >= 11 is 0. The van der Waals surface area contributed by atoms with Crippen molar-refractivity contribution in [1.82, 2.24) is 4.98 Å². The van der Waals surface area contributed by atoms with Crippen LogP contribution in [0.15, 0.2) is 42.6 Å². The Morgan fingerprint density at radius 2 is 1.81 bits per heavy atom. The van der Waals surface area contributed by atoms with Crippen molar-refractivity contribution in [1.29, 1.82) is 5.26 Å². The van der Waals surface area contributed by atoms with E-state index in [2.05, 4.69) is 23.3 Å². The van der Waals surface area contributed by atoms with E-state index in [-0.39, 0.29) is 6.04 Å². The molecular formula is C21H21N3O2. The van der Waals surface area contributed by atoms with E-state index in [4.69, 9.17) is 9.47 Å². The second-order valence-corrected chi connectivity index (χ2v) is 6.11. The first-order chi connectivity index (χ1) is 12.6. The topological polar surface area (TPSA) is 67.2 Å². The van der Waals surface area contributed by atoms with Gasteiger partial charge in [0.2, 0.25) is 0 Å². The number of anilines is 1. The van der Waals surface area contributed by atoms with Gasteiger partial charge in [0.25, 0.3) is 0 Å². The summed E-state index contributed by atoms with van der Waals surface area (Å²) in [5.74, 6) is 1.38. The van der Waals surface area contributed by atoms with Crippen molar-refractivity contribution in [2.45, 2.75) is 19.9 Å². The fourth-order valence-electron chi connectivity index (χ4n) is 3.14. The molecule has 1 atom stereocenters. The highest BCUT2D eigenvalue weighted by Crippen LogP contribution is 2.35. The first-order valence-electron chi connectivity index (χ1n) is 8.36. The molecule has 5 heteroatoms. The number of methoxy groups -OCH3 is 2. The zero-order chi connectivity index (χ0) is 18.7. The normalized spacial score (nSPS) is 11.7. The van der Waals surface area contributed by atoms with E-state index >= 15 is 0 Å². The lowest BCUT2D eigenvalue weighted by Gasteiger charge is -2.21. The van der Waals surface area contributed by atoms with Gasteiger partial charge in [0.15, 0.2) is 11.5 Å². The van der Waals surface area contributed by atoms with Crippen molar-refractivity contribution in [3.8, 4) is 17.6 Å². The van der Waals surface area contributed by atoms with Gasteiger partial charge < -0.3 is 14.8 Å². The van der Waals surface area contributed by atoms with Crippen LogP contribution in [0.1, 0.15) is 29.7 Å². The number of nitrogens with zero attached hydrogens (tertiary/aromatic N) is 2. The van der Waals surface area contributed by atoms with E-state index in [0.29, 0.717) is 17.1 Å². The average molecular weight is 347 g/mol. The summed E-state index contributed by atoms with van der Waals surface area (Å²) in [4.78, 5) is 4.36. The maximum absolute atomic E-state index is 9.50. The largest absolute Gasteiger partial charge is 0.493 e. The lowest BCUT2D eigenvalue weighted by molar-refractivity contribution is 0.354. The second kappa shape index (κ2) is 7.32. The molecule has 0 radical (unpaired) electrons. The number of aryl methyl sites for hydroxylation is 1. The first-order valence-corrected chi connectivity index (χ1v) is 8.36. The van der Waals surface area contributed by atoms with Crippen molar-refractivity contribution in [3.05, 3.63) is 59.3 Å². The number of benzene rings is 2. The molecular weight excluding hydrogens is 326 g/mol. The Kier molecular flexibility index (Phi) is 4.94. The molecule has 0 saturated heterocycles. The number of hydrogen-bond donors (Lipinski definition) is 1. The molecule has 1 N–H and O–H groups in total. The average Bonchev–Trinajstić information content (AvgIpc) is 2.67. The van der Waals surface area contributed by atoms with Gasteiger partial charge >= 0.3 is 0 Å². The van der Waals surface area contributed by atoms with E-state index < -0.39 is 0 Å². The minimum absolute atomic E-state index is 0.0345. The summed E-state index contributed by atoms with van der Waals surface area (Å²) < 4.78 is 10.8. The molecule has 3 aromatic rings. The number of hydrogen-bond acceptors (Lipinski definition) is 5. The number of rotatable bonds is 5. The van der Waals surface area contributed by atoms with Crippen LogP contribution in [-0.2, 0) is 0 Å². The summed E-state index contributed by atoms with van der Waals surface area (Å²) in [7, 11) is 3.25. The van der Waals surface area contributed by atoms with Crippen LogP contribution >= 0.6 is 0 Å². The maximum Gasteiger partial charge on any atom is 0.161 e. The summed E-state index contributed by atoms with van der Waals surface area (Å²) in [5, 5.41) is 13.9. The Morgan fingerprint density at radius 1 is 1.12 bits per heavy atom. The third-order valence-corrected chi connectivity index (χ3v) is 4.50. The van der Waals surface area contributed by atoms with E-state index in [1.54, 1.807) is 20.4 Å². The molecule has 132 valence electrons. The SMILES string of the molecule is COc1cc(C)c(C(C)Nc2c(C#N)cnc3ccccc23)cc1OC. The van der Waals surface area contributed by atoms with Crippen molar-refractivity contribution in [3.63, 3.8) is 0 Å². The highest BCUT2D eigenvalue weighted by molar-refractivity contribution is 5.94. The third-order valence-electron chi connectivity index (χ3n) is 4.50. The van der Waals surface area contributed by atoms with Crippen LogP contribution in [0.3, 0.4) is 0 Å². The van der Waals surface area contributed by atoms with Crippen molar-refractivity contribution in [2.24, 2.45) is 0 Å². The van der Waals surface area contributed by atoms with Gasteiger partial charge in [-0.25, -0.2) is 0 Å². The maximum atomic E-state index is 9.50. The molecule has 0 bridgehead atoms. The molecule has 0 amide bonds. The number of ether oxygens (including phenoxy) is 2. The number of pyridine rings is 1. The van der Waals surface area contributed by atoms with Gasteiger partial charge in [-0.2, -0.15) is 5.26 Å². The number of aromatic nitrogens is 1. The quantitative estimate of drug-likeness (QED) is 0.730. The molecule has 1 heterocycles. The van der Waals surface area contributed by atoms with Gasteiger partial charge in [-0.3, -0.25) is 4.98 Å². The number of nitriles is 1. The molecule has 1 unspecified atom stereocenters.